The molecule has 0 saturated heterocycles. The molecule has 0 spiro atoms. The van der Waals surface area contributed by atoms with E-state index in [-0.39, 0.29) is 6.10 Å². The van der Waals surface area contributed by atoms with Gasteiger partial charge < -0.3 is 10.1 Å². The quantitative estimate of drug-likeness (QED) is 0.757. The number of benzene rings is 1. The van der Waals surface area contributed by atoms with Gasteiger partial charge in [0.15, 0.2) is 0 Å². The number of nitrogens with zero attached hydrogens (tertiary/aromatic N) is 4. The maximum Gasteiger partial charge on any atom is 0.254 e. The Morgan fingerprint density at radius 1 is 1.27 bits per heavy atom. The highest BCUT2D eigenvalue weighted by Crippen LogP contribution is 2.13. The van der Waals surface area contributed by atoms with Crippen LogP contribution in [-0.2, 0) is 6.42 Å². The van der Waals surface area contributed by atoms with Crippen molar-refractivity contribution in [2.75, 3.05) is 11.9 Å². The Balaban J connectivity index is 1.69. The van der Waals surface area contributed by atoms with E-state index in [2.05, 4.69) is 27.3 Å². The third-order valence-electron chi connectivity index (χ3n) is 3.32. The molecule has 2 heterocycles. The predicted octanol–water partition coefficient (Wildman–Crippen LogP) is 2.57. The van der Waals surface area contributed by atoms with Crippen LogP contribution in [0.2, 0.25) is 0 Å². The molecule has 0 aliphatic heterocycles. The minimum atomic E-state index is 0.0270. The Hall–Kier alpha value is -2.63. The average Bonchev–Trinajstić information content (AvgIpc) is 3.02. The molecule has 0 radical (unpaired) electrons. The SMILES string of the molecule is CCc1cc(NCC(C)Oc2ccccc2)n2ncnc2n1. The van der Waals surface area contributed by atoms with Gasteiger partial charge in [-0.25, -0.2) is 4.98 Å². The van der Waals surface area contributed by atoms with Crippen LogP contribution >= 0.6 is 0 Å². The van der Waals surface area contributed by atoms with Crippen molar-refractivity contribution in [1.29, 1.82) is 0 Å². The average molecular weight is 297 g/mol. The summed E-state index contributed by atoms with van der Waals surface area (Å²) in [6.45, 7) is 4.76. The van der Waals surface area contributed by atoms with Gasteiger partial charge in [0.2, 0.25) is 0 Å². The van der Waals surface area contributed by atoms with Crippen LogP contribution in [0.25, 0.3) is 5.78 Å². The maximum absolute atomic E-state index is 5.86. The number of ether oxygens (including phenoxy) is 1. The third kappa shape index (κ3) is 3.16. The highest BCUT2D eigenvalue weighted by atomic mass is 16.5. The van der Waals surface area contributed by atoms with Gasteiger partial charge in [-0.3, -0.25) is 0 Å². The Morgan fingerprint density at radius 2 is 2.09 bits per heavy atom. The molecule has 6 nitrogen and oxygen atoms in total. The molecule has 6 heteroatoms. The molecule has 1 aromatic carbocycles. The zero-order valence-corrected chi connectivity index (χ0v) is 12.7. The summed E-state index contributed by atoms with van der Waals surface area (Å²) in [5.74, 6) is 2.35. The third-order valence-corrected chi connectivity index (χ3v) is 3.32. The van der Waals surface area contributed by atoms with Crippen molar-refractivity contribution in [2.24, 2.45) is 0 Å². The molecule has 1 atom stereocenters. The van der Waals surface area contributed by atoms with Crippen molar-refractivity contribution in [3.63, 3.8) is 0 Å². The normalized spacial score (nSPS) is 12.3. The fourth-order valence-electron chi connectivity index (χ4n) is 2.19. The first-order chi connectivity index (χ1) is 10.8. The summed E-state index contributed by atoms with van der Waals surface area (Å²) < 4.78 is 7.57. The van der Waals surface area contributed by atoms with Gasteiger partial charge >= 0.3 is 0 Å². The van der Waals surface area contributed by atoms with Crippen molar-refractivity contribution in [3.8, 4) is 5.75 Å². The van der Waals surface area contributed by atoms with E-state index in [9.17, 15) is 0 Å². The van der Waals surface area contributed by atoms with E-state index in [0.717, 1.165) is 23.7 Å². The lowest BCUT2D eigenvalue weighted by Gasteiger charge is -2.16. The molecule has 1 N–H and O–H groups in total. The highest BCUT2D eigenvalue weighted by Gasteiger charge is 2.09. The lowest BCUT2D eigenvalue weighted by atomic mass is 10.3. The van der Waals surface area contributed by atoms with Crippen molar-refractivity contribution >= 4 is 11.6 Å². The van der Waals surface area contributed by atoms with E-state index < -0.39 is 0 Å². The zero-order valence-electron chi connectivity index (χ0n) is 12.7. The summed E-state index contributed by atoms with van der Waals surface area (Å²) in [4.78, 5) is 8.58. The minimum absolute atomic E-state index is 0.0270. The van der Waals surface area contributed by atoms with Gasteiger partial charge in [-0.05, 0) is 25.5 Å². The van der Waals surface area contributed by atoms with Gasteiger partial charge in [0.05, 0.1) is 6.54 Å². The first-order valence-electron chi connectivity index (χ1n) is 7.41. The number of fused-ring (bicyclic) bond motifs is 1. The van der Waals surface area contributed by atoms with Gasteiger partial charge in [-0.15, -0.1) is 0 Å². The molecule has 0 amide bonds. The van der Waals surface area contributed by atoms with Crippen LogP contribution in [0.4, 0.5) is 5.82 Å². The number of nitrogens with one attached hydrogen (secondary N) is 1. The van der Waals surface area contributed by atoms with Crippen molar-refractivity contribution in [3.05, 3.63) is 48.4 Å². The van der Waals surface area contributed by atoms with Crippen LogP contribution in [0, 0.1) is 0 Å². The Kier molecular flexibility index (Phi) is 4.18. The monoisotopic (exact) mass is 297 g/mol. The molecule has 1 unspecified atom stereocenters. The summed E-state index contributed by atoms with van der Waals surface area (Å²) in [6, 6.07) is 11.8. The maximum atomic E-state index is 5.86. The number of para-hydroxylation sites is 1. The molecule has 0 fully saturated rings. The summed E-state index contributed by atoms with van der Waals surface area (Å²) in [5, 5.41) is 7.56. The van der Waals surface area contributed by atoms with Crippen LogP contribution < -0.4 is 10.1 Å². The Morgan fingerprint density at radius 3 is 2.86 bits per heavy atom. The first-order valence-corrected chi connectivity index (χ1v) is 7.41. The van der Waals surface area contributed by atoms with Crippen LogP contribution in [0.1, 0.15) is 19.5 Å². The van der Waals surface area contributed by atoms with Crippen molar-refractivity contribution in [1.82, 2.24) is 19.6 Å². The van der Waals surface area contributed by atoms with Gasteiger partial charge in [0.1, 0.15) is 24.0 Å². The molecule has 2 aromatic heterocycles. The molecule has 0 aliphatic rings. The fourth-order valence-corrected chi connectivity index (χ4v) is 2.19. The number of rotatable bonds is 6. The lowest BCUT2D eigenvalue weighted by Crippen LogP contribution is -2.24. The smallest absolute Gasteiger partial charge is 0.254 e. The summed E-state index contributed by atoms with van der Waals surface area (Å²) in [7, 11) is 0. The number of hydrogen-bond donors (Lipinski definition) is 1. The van der Waals surface area contributed by atoms with Crippen molar-refractivity contribution < 1.29 is 4.74 Å². The molecule has 0 saturated carbocycles. The highest BCUT2D eigenvalue weighted by molar-refractivity contribution is 5.45. The van der Waals surface area contributed by atoms with Crippen LogP contribution in [0.5, 0.6) is 5.75 Å². The molecule has 22 heavy (non-hydrogen) atoms. The van der Waals surface area contributed by atoms with E-state index in [1.54, 1.807) is 4.52 Å². The number of aromatic nitrogens is 4. The number of anilines is 1. The standard InChI is InChI=1S/C16H19N5O/c1-3-13-9-15(21-16(20-13)18-11-19-21)17-10-12(2)22-14-7-5-4-6-8-14/h4-9,11-12,17H,3,10H2,1-2H3. The van der Waals surface area contributed by atoms with E-state index in [0.29, 0.717) is 12.3 Å². The van der Waals surface area contributed by atoms with E-state index in [1.807, 2.05) is 43.3 Å². The molecular formula is C16H19N5O. The Labute approximate surface area is 129 Å². The first kappa shape index (κ1) is 14.3. The molecular weight excluding hydrogens is 278 g/mol. The molecule has 0 aliphatic carbocycles. The van der Waals surface area contributed by atoms with Gasteiger partial charge in [-0.2, -0.15) is 14.6 Å². The summed E-state index contributed by atoms with van der Waals surface area (Å²) >= 11 is 0. The second kappa shape index (κ2) is 6.43. The van der Waals surface area contributed by atoms with Crippen LogP contribution in [-0.4, -0.2) is 32.2 Å². The van der Waals surface area contributed by atoms with Gasteiger partial charge in [0, 0.05) is 11.8 Å². The molecule has 3 rings (SSSR count). The minimum Gasteiger partial charge on any atom is -0.489 e. The Bertz CT molecular complexity index is 741. The van der Waals surface area contributed by atoms with Crippen molar-refractivity contribution in [2.45, 2.75) is 26.4 Å². The van der Waals surface area contributed by atoms with E-state index in [1.165, 1.54) is 6.33 Å². The fraction of sp³-hybridized carbons (Fsp3) is 0.312. The molecule has 3 aromatic rings. The van der Waals surface area contributed by atoms with E-state index in [4.69, 9.17) is 4.74 Å². The summed E-state index contributed by atoms with van der Waals surface area (Å²) in [6.07, 6.45) is 2.39. The largest absolute Gasteiger partial charge is 0.489 e. The van der Waals surface area contributed by atoms with Gasteiger partial charge in [0.25, 0.3) is 5.78 Å². The van der Waals surface area contributed by atoms with Gasteiger partial charge in [-0.1, -0.05) is 25.1 Å². The second-order valence-electron chi connectivity index (χ2n) is 5.08. The second-order valence-corrected chi connectivity index (χ2v) is 5.08. The lowest BCUT2D eigenvalue weighted by molar-refractivity contribution is 0.234. The zero-order chi connectivity index (χ0) is 15.4. The predicted molar refractivity (Wildman–Crippen MR) is 85.2 cm³/mol. The van der Waals surface area contributed by atoms with Crippen LogP contribution in [0.3, 0.4) is 0 Å². The number of hydrogen-bond acceptors (Lipinski definition) is 5. The van der Waals surface area contributed by atoms with Crippen LogP contribution in [0.15, 0.2) is 42.7 Å². The van der Waals surface area contributed by atoms with E-state index >= 15 is 0 Å². The topological polar surface area (TPSA) is 64.3 Å². The molecule has 0 bridgehead atoms. The number of aryl methyl sites for hydroxylation is 1. The molecule has 114 valence electrons. The summed E-state index contributed by atoms with van der Waals surface area (Å²) in [5.41, 5.74) is 0.986.